The maximum absolute atomic E-state index is 3.83. The van der Waals surface area contributed by atoms with E-state index in [-0.39, 0.29) is 5.41 Å². The van der Waals surface area contributed by atoms with Gasteiger partial charge in [-0.3, -0.25) is 0 Å². The van der Waals surface area contributed by atoms with Crippen molar-refractivity contribution in [3.8, 4) is 0 Å². The van der Waals surface area contributed by atoms with E-state index in [9.17, 15) is 0 Å². The minimum atomic E-state index is 0.258. The molecule has 0 saturated carbocycles. The summed E-state index contributed by atoms with van der Waals surface area (Å²) >= 11 is 0. The summed E-state index contributed by atoms with van der Waals surface area (Å²) in [6, 6.07) is 11.7. The standard InChI is InChI=1S/C19H33N/c1-6-16(7-2)18(20-10-5)19(8-3,9-4)17-14-12-11-13-15-17/h11-16,18,20H,6-10H2,1-5H3. The van der Waals surface area contributed by atoms with Crippen LogP contribution < -0.4 is 5.32 Å². The third kappa shape index (κ3) is 3.44. The van der Waals surface area contributed by atoms with Crippen molar-refractivity contribution in [2.24, 2.45) is 5.92 Å². The van der Waals surface area contributed by atoms with Crippen molar-refractivity contribution in [3.63, 3.8) is 0 Å². The fraction of sp³-hybridized carbons (Fsp3) is 0.684. The van der Waals surface area contributed by atoms with E-state index < -0.39 is 0 Å². The van der Waals surface area contributed by atoms with Crippen LogP contribution in [0.2, 0.25) is 0 Å². The molecule has 1 heteroatoms. The molecule has 20 heavy (non-hydrogen) atoms. The SMILES string of the molecule is CCNC(C(CC)CC)C(CC)(CC)c1ccccc1. The van der Waals surface area contributed by atoms with Gasteiger partial charge in [0.05, 0.1) is 0 Å². The lowest BCUT2D eigenvalue weighted by Crippen LogP contribution is -2.52. The third-order valence-electron chi connectivity index (χ3n) is 5.15. The first-order chi connectivity index (χ1) is 9.69. The first kappa shape index (κ1) is 17.2. The van der Waals surface area contributed by atoms with Gasteiger partial charge in [0.25, 0.3) is 0 Å². The topological polar surface area (TPSA) is 12.0 Å². The summed E-state index contributed by atoms with van der Waals surface area (Å²) in [6.45, 7) is 12.7. The molecule has 1 nitrogen and oxygen atoms in total. The molecule has 0 radical (unpaired) electrons. The molecule has 1 atom stereocenters. The predicted molar refractivity (Wildman–Crippen MR) is 90.2 cm³/mol. The van der Waals surface area contributed by atoms with E-state index >= 15 is 0 Å². The van der Waals surface area contributed by atoms with Crippen LogP contribution in [0.4, 0.5) is 0 Å². The van der Waals surface area contributed by atoms with Crippen LogP contribution in [-0.2, 0) is 5.41 Å². The summed E-state index contributed by atoms with van der Waals surface area (Å²) in [6.07, 6.45) is 4.90. The van der Waals surface area contributed by atoms with Gasteiger partial charge in [-0.2, -0.15) is 0 Å². The second-order valence-corrected chi connectivity index (χ2v) is 5.84. The minimum Gasteiger partial charge on any atom is -0.313 e. The number of hydrogen-bond donors (Lipinski definition) is 1. The average Bonchev–Trinajstić information content (AvgIpc) is 2.51. The lowest BCUT2D eigenvalue weighted by atomic mass is 9.65. The number of benzene rings is 1. The Kier molecular flexibility index (Phi) is 7.29. The highest BCUT2D eigenvalue weighted by Gasteiger charge is 2.39. The molecule has 1 aromatic rings. The monoisotopic (exact) mass is 275 g/mol. The molecule has 114 valence electrons. The number of hydrogen-bond acceptors (Lipinski definition) is 1. The fourth-order valence-corrected chi connectivity index (χ4v) is 3.84. The van der Waals surface area contributed by atoms with Crippen molar-refractivity contribution >= 4 is 0 Å². The van der Waals surface area contributed by atoms with Gasteiger partial charge < -0.3 is 5.32 Å². The molecule has 0 bridgehead atoms. The Morgan fingerprint density at radius 2 is 1.45 bits per heavy atom. The maximum Gasteiger partial charge on any atom is 0.0192 e. The molecule has 0 heterocycles. The normalized spacial score (nSPS) is 13.7. The van der Waals surface area contributed by atoms with Gasteiger partial charge in [-0.05, 0) is 30.9 Å². The van der Waals surface area contributed by atoms with E-state index in [4.69, 9.17) is 0 Å². The Balaban J connectivity index is 3.25. The van der Waals surface area contributed by atoms with Crippen molar-refractivity contribution in [2.45, 2.75) is 71.8 Å². The molecule has 0 fully saturated rings. The van der Waals surface area contributed by atoms with Crippen LogP contribution in [0.5, 0.6) is 0 Å². The summed E-state index contributed by atoms with van der Waals surface area (Å²) in [5, 5.41) is 3.83. The lowest BCUT2D eigenvalue weighted by Gasteiger charge is -2.44. The van der Waals surface area contributed by atoms with Crippen molar-refractivity contribution in [1.29, 1.82) is 0 Å². The lowest BCUT2D eigenvalue weighted by molar-refractivity contribution is 0.192. The highest BCUT2D eigenvalue weighted by molar-refractivity contribution is 5.28. The van der Waals surface area contributed by atoms with Gasteiger partial charge in [-0.25, -0.2) is 0 Å². The van der Waals surface area contributed by atoms with Crippen LogP contribution in [0, 0.1) is 5.92 Å². The van der Waals surface area contributed by atoms with E-state index in [1.54, 1.807) is 0 Å². The van der Waals surface area contributed by atoms with Crippen molar-refractivity contribution < 1.29 is 0 Å². The molecule has 0 aliphatic carbocycles. The number of rotatable bonds is 9. The van der Waals surface area contributed by atoms with Gasteiger partial charge in [-0.15, -0.1) is 0 Å². The molecule has 1 rings (SSSR count). The van der Waals surface area contributed by atoms with E-state index in [1.165, 1.54) is 31.2 Å². The molecule has 0 amide bonds. The van der Waals surface area contributed by atoms with E-state index in [1.807, 2.05) is 0 Å². The van der Waals surface area contributed by atoms with Crippen LogP contribution in [0.1, 0.15) is 65.9 Å². The van der Waals surface area contributed by atoms with E-state index in [2.05, 4.69) is 70.3 Å². The van der Waals surface area contributed by atoms with Crippen molar-refractivity contribution in [2.75, 3.05) is 6.54 Å². The molecule has 1 unspecified atom stereocenters. The van der Waals surface area contributed by atoms with Gasteiger partial charge in [-0.1, -0.05) is 77.8 Å². The second-order valence-electron chi connectivity index (χ2n) is 5.84. The molecule has 1 aromatic carbocycles. The van der Waals surface area contributed by atoms with Gasteiger partial charge in [0, 0.05) is 11.5 Å². The zero-order valence-electron chi connectivity index (χ0n) is 14.1. The summed E-state index contributed by atoms with van der Waals surface area (Å²) in [5.74, 6) is 0.745. The van der Waals surface area contributed by atoms with Crippen molar-refractivity contribution in [1.82, 2.24) is 5.32 Å². The van der Waals surface area contributed by atoms with E-state index in [0.29, 0.717) is 6.04 Å². The summed E-state index contributed by atoms with van der Waals surface area (Å²) < 4.78 is 0. The highest BCUT2D eigenvalue weighted by Crippen LogP contribution is 2.39. The zero-order valence-corrected chi connectivity index (χ0v) is 14.1. The molecule has 0 saturated heterocycles. The smallest absolute Gasteiger partial charge is 0.0192 e. The van der Waals surface area contributed by atoms with Crippen LogP contribution >= 0.6 is 0 Å². The van der Waals surface area contributed by atoms with Gasteiger partial charge in [0.2, 0.25) is 0 Å². The summed E-state index contributed by atoms with van der Waals surface area (Å²) in [7, 11) is 0. The van der Waals surface area contributed by atoms with Gasteiger partial charge in [0.15, 0.2) is 0 Å². The largest absolute Gasteiger partial charge is 0.313 e. The van der Waals surface area contributed by atoms with Gasteiger partial charge >= 0.3 is 0 Å². The molecule has 1 N–H and O–H groups in total. The molecule has 0 aromatic heterocycles. The Morgan fingerprint density at radius 1 is 0.900 bits per heavy atom. The molecular weight excluding hydrogens is 242 g/mol. The Morgan fingerprint density at radius 3 is 1.85 bits per heavy atom. The van der Waals surface area contributed by atoms with E-state index in [0.717, 1.165) is 12.5 Å². The molecule has 0 spiro atoms. The number of likely N-dealkylation sites (N-methyl/N-ethyl adjacent to an activating group) is 1. The average molecular weight is 275 g/mol. The van der Waals surface area contributed by atoms with Gasteiger partial charge in [0.1, 0.15) is 0 Å². The molecular formula is C19H33N. The Labute approximate surface area is 126 Å². The maximum atomic E-state index is 3.83. The predicted octanol–water partition coefficient (Wildman–Crippen LogP) is 5.16. The quantitative estimate of drug-likeness (QED) is 0.656. The van der Waals surface area contributed by atoms with Crippen LogP contribution in [0.25, 0.3) is 0 Å². The number of nitrogens with one attached hydrogen (secondary N) is 1. The first-order valence-corrected chi connectivity index (χ1v) is 8.48. The molecule has 0 aliphatic rings. The van der Waals surface area contributed by atoms with Crippen LogP contribution in [0.15, 0.2) is 30.3 Å². The van der Waals surface area contributed by atoms with Crippen LogP contribution in [0.3, 0.4) is 0 Å². The fourth-order valence-electron chi connectivity index (χ4n) is 3.84. The highest BCUT2D eigenvalue weighted by atomic mass is 14.9. The second kappa shape index (κ2) is 8.46. The van der Waals surface area contributed by atoms with Crippen LogP contribution in [-0.4, -0.2) is 12.6 Å². The Bertz CT molecular complexity index is 349. The zero-order chi connectivity index (χ0) is 15.0. The third-order valence-corrected chi connectivity index (χ3v) is 5.15. The Hall–Kier alpha value is -0.820. The molecule has 0 aliphatic heterocycles. The first-order valence-electron chi connectivity index (χ1n) is 8.48. The summed E-state index contributed by atoms with van der Waals surface area (Å²) in [5.41, 5.74) is 1.76. The van der Waals surface area contributed by atoms with Crippen molar-refractivity contribution in [3.05, 3.63) is 35.9 Å². The summed E-state index contributed by atoms with van der Waals surface area (Å²) in [4.78, 5) is 0. The minimum absolute atomic E-state index is 0.258.